The van der Waals surface area contributed by atoms with Gasteiger partial charge < -0.3 is 21.9 Å². The van der Waals surface area contributed by atoms with Crippen LogP contribution >= 0.6 is 27.3 Å². The number of carboxylic acid groups (broad SMARTS) is 1. The number of carboxylic acids is 1. The lowest BCUT2D eigenvalue weighted by molar-refractivity contribution is -0.137. The number of aryl methyl sites for hydroxylation is 1. The molecule has 0 aliphatic carbocycles. The Labute approximate surface area is 197 Å². The van der Waals surface area contributed by atoms with Crippen molar-refractivity contribution in [2.45, 2.75) is 25.7 Å². The summed E-state index contributed by atoms with van der Waals surface area (Å²) in [5.74, 6) is -1.73. The summed E-state index contributed by atoms with van der Waals surface area (Å²) in [4.78, 5) is 33.3. The fourth-order valence-corrected chi connectivity index (χ4v) is 4.63. The van der Waals surface area contributed by atoms with E-state index in [1.807, 2.05) is 49.4 Å². The van der Waals surface area contributed by atoms with Crippen LogP contribution in [0.15, 0.2) is 58.0 Å². The number of hydrogen-bond donors (Lipinski definition) is 4. The predicted molar refractivity (Wildman–Crippen MR) is 130 cm³/mol. The van der Waals surface area contributed by atoms with E-state index >= 15 is 0 Å². The smallest absolute Gasteiger partial charge is 0.303 e. The number of aromatic nitrogens is 1. The number of aliphatic imine (C=N–C) groups is 1. The zero-order valence-corrected chi connectivity index (χ0v) is 19.6. The van der Waals surface area contributed by atoms with Crippen LogP contribution in [0.1, 0.15) is 30.0 Å². The van der Waals surface area contributed by atoms with Gasteiger partial charge in [-0.3, -0.25) is 9.59 Å². The highest BCUT2D eigenvalue weighted by molar-refractivity contribution is 9.10. The highest BCUT2D eigenvalue weighted by atomic mass is 79.9. The van der Waals surface area contributed by atoms with Crippen LogP contribution < -0.4 is 16.8 Å². The number of rotatable bonds is 8. The van der Waals surface area contributed by atoms with E-state index in [-0.39, 0.29) is 24.7 Å². The third kappa shape index (κ3) is 6.38. The first-order valence-electron chi connectivity index (χ1n) is 9.66. The van der Waals surface area contributed by atoms with Crippen LogP contribution in [0.3, 0.4) is 0 Å². The summed E-state index contributed by atoms with van der Waals surface area (Å²) in [6, 6.07) is 14.7. The summed E-state index contributed by atoms with van der Waals surface area (Å²) >= 11 is 4.74. The summed E-state index contributed by atoms with van der Waals surface area (Å²) in [5, 5.41) is 12.6. The number of amides is 1. The second kappa shape index (κ2) is 10.4. The van der Waals surface area contributed by atoms with Crippen LogP contribution in [-0.2, 0) is 9.59 Å². The normalized spacial score (nSPS) is 11.6. The summed E-state index contributed by atoms with van der Waals surface area (Å²) in [7, 11) is 0. The van der Waals surface area contributed by atoms with Crippen LogP contribution in [-0.4, -0.2) is 27.9 Å². The van der Waals surface area contributed by atoms with Crippen LogP contribution in [0.2, 0.25) is 0 Å². The minimum atomic E-state index is -0.956. The molecular formula is C22H22BrN5O3S. The van der Waals surface area contributed by atoms with E-state index in [2.05, 4.69) is 31.2 Å². The minimum Gasteiger partial charge on any atom is -0.481 e. The molecule has 8 nitrogen and oxygen atoms in total. The molecule has 10 heteroatoms. The molecule has 0 radical (unpaired) electrons. The number of carbonyl (C=O) groups excluding carboxylic acids is 1. The average molecular weight is 516 g/mol. The van der Waals surface area contributed by atoms with Crippen LogP contribution in [0.4, 0.5) is 10.8 Å². The number of anilines is 1. The fraction of sp³-hybridized carbons (Fsp3) is 0.182. The summed E-state index contributed by atoms with van der Waals surface area (Å²) in [5.41, 5.74) is 13.9. The Balaban J connectivity index is 1.77. The first-order chi connectivity index (χ1) is 15.2. The van der Waals surface area contributed by atoms with E-state index in [4.69, 9.17) is 11.5 Å². The number of thiazole rings is 1. The maximum absolute atomic E-state index is 12.7. The minimum absolute atomic E-state index is 0.0429. The molecule has 1 aromatic heterocycles. The standard InChI is InChI=1S/C22H22BrN5O3S/c1-12-20(32-22(26-12)28-21(24)25)14-5-3-7-17(9-14)27-18(29)10-15(11-19(30)31)13-4-2-6-16(23)8-13/h2-9,15H,10-11H2,1H3,(H,27,29)(H,30,31)(H4,24,25,26,28). The predicted octanol–water partition coefficient (Wildman–Crippen LogP) is 4.37. The van der Waals surface area contributed by atoms with Crippen molar-refractivity contribution in [3.8, 4) is 10.4 Å². The van der Waals surface area contributed by atoms with E-state index in [1.165, 1.54) is 11.3 Å². The van der Waals surface area contributed by atoms with Crippen molar-refractivity contribution in [2.24, 2.45) is 16.5 Å². The van der Waals surface area contributed by atoms with Gasteiger partial charge in [0.15, 0.2) is 5.96 Å². The number of halogens is 1. The van der Waals surface area contributed by atoms with Crippen LogP contribution in [0.25, 0.3) is 10.4 Å². The molecule has 1 unspecified atom stereocenters. The van der Waals surface area contributed by atoms with Crippen molar-refractivity contribution in [2.75, 3.05) is 5.32 Å². The Kier molecular flexibility index (Phi) is 7.60. The second-order valence-corrected chi connectivity index (χ2v) is 9.02. The molecule has 1 atom stereocenters. The number of aliphatic carboxylic acids is 1. The van der Waals surface area contributed by atoms with E-state index < -0.39 is 11.9 Å². The molecule has 0 aliphatic heterocycles. The Hall–Kier alpha value is -3.24. The molecule has 3 rings (SSSR count). The summed E-state index contributed by atoms with van der Waals surface area (Å²) in [6.45, 7) is 1.86. The molecule has 0 saturated heterocycles. The van der Waals surface area contributed by atoms with E-state index in [1.54, 1.807) is 6.07 Å². The van der Waals surface area contributed by atoms with Gasteiger partial charge in [0, 0.05) is 22.5 Å². The van der Waals surface area contributed by atoms with Crippen LogP contribution in [0, 0.1) is 6.92 Å². The van der Waals surface area contributed by atoms with E-state index in [9.17, 15) is 14.7 Å². The van der Waals surface area contributed by atoms with Gasteiger partial charge in [0.05, 0.1) is 17.0 Å². The van der Waals surface area contributed by atoms with Crippen molar-refractivity contribution in [1.82, 2.24) is 4.98 Å². The molecule has 3 aromatic rings. The Morgan fingerprint density at radius 2 is 1.94 bits per heavy atom. The van der Waals surface area contributed by atoms with Crippen molar-refractivity contribution in [1.29, 1.82) is 0 Å². The number of carbonyl (C=O) groups is 2. The third-order valence-electron chi connectivity index (χ3n) is 4.59. The fourth-order valence-electron chi connectivity index (χ4n) is 3.26. The van der Waals surface area contributed by atoms with Gasteiger partial charge in [0.25, 0.3) is 0 Å². The van der Waals surface area contributed by atoms with Gasteiger partial charge in [-0.2, -0.15) is 4.99 Å². The summed E-state index contributed by atoms with van der Waals surface area (Å²) < 4.78 is 0.832. The van der Waals surface area contributed by atoms with Crippen molar-refractivity contribution < 1.29 is 14.7 Å². The van der Waals surface area contributed by atoms with Gasteiger partial charge in [-0.25, -0.2) is 4.98 Å². The Bertz CT molecular complexity index is 1170. The number of benzene rings is 2. The molecule has 0 saturated carbocycles. The number of nitrogens with one attached hydrogen (secondary N) is 1. The Morgan fingerprint density at radius 1 is 1.19 bits per heavy atom. The number of nitrogens with zero attached hydrogens (tertiary/aromatic N) is 2. The first-order valence-corrected chi connectivity index (χ1v) is 11.3. The second-order valence-electron chi connectivity index (χ2n) is 7.13. The molecule has 6 N–H and O–H groups in total. The molecule has 0 fully saturated rings. The number of guanidine groups is 1. The van der Waals surface area contributed by atoms with Gasteiger partial charge in [0.1, 0.15) is 0 Å². The summed E-state index contributed by atoms with van der Waals surface area (Å²) in [6.07, 6.45) is -0.0985. The topological polar surface area (TPSA) is 144 Å². The lowest BCUT2D eigenvalue weighted by Gasteiger charge is -2.16. The lowest BCUT2D eigenvalue weighted by Crippen LogP contribution is -2.21. The van der Waals surface area contributed by atoms with E-state index in [0.29, 0.717) is 10.8 Å². The third-order valence-corrected chi connectivity index (χ3v) is 6.19. The monoisotopic (exact) mass is 515 g/mol. The molecule has 1 amide bonds. The van der Waals surface area contributed by atoms with Gasteiger partial charge >= 0.3 is 5.97 Å². The number of hydrogen-bond acceptors (Lipinski definition) is 5. The lowest BCUT2D eigenvalue weighted by atomic mass is 9.92. The van der Waals surface area contributed by atoms with Gasteiger partial charge in [-0.05, 0) is 42.3 Å². The maximum atomic E-state index is 12.7. The van der Waals surface area contributed by atoms with Crippen molar-refractivity contribution >= 4 is 55.9 Å². The highest BCUT2D eigenvalue weighted by Gasteiger charge is 2.20. The van der Waals surface area contributed by atoms with E-state index in [0.717, 1.165) is 26.2 Å². The molecule has 0 spiro atoms. The number of nitrogens with two attached hydrogens (primary N) is 2. The maximum Gasteiger partial charge on any atom is 0.303 e. The molecule has 1 heterocycles. The van der Waals surface area contributed by atoms with Gasteiger partial charge in [-0.1, -0.05) is 51.5 Å². The van der Waals surface area contributed by atoms with Crippen LogP contribution in [0.5, 0.6) is 0 Å². The van der Waals surface area contributed by atoms with Crippen molar-refractivity contribution in [3.63, 3.8) is 0 Å². The van der Waals surface area contributed by atoms with Crippen molar-refractivity contribution in [3.05, 3.63) is 64.3 Å². The molecule has 0 bridgehead atoms. The molecule has 0 aliphatic rings. The molecule has 2 aromatic carbocycles. The molecule has 32 heavy (non-hydrogen) atoms. The first kappa shape index (κ1) is 23.4. The molecule has 166 valence electrons. The van der Waals surface area contributed by atoms with Gasteiger partial charge in [-0.15, -0.1) is 0 Å². The largest absolute Gasteiger partial charge is 0.481 e. The molecular weight excluding hydrogens is 494 g/mol. The highest BCUT2D eigenvalue weighted by Crippen LogP contribution is 2.35. The average Bonchev–Trinajstić information content (AvgIpc) is 3.06. The quantitative estimate of drug-likeness (QED) is 0.259. The Morgan fingerprint density at radius 3 is 2.62 bits per heavy atom. The van der Waals surface area contributed by atoms with Gasteiger partial charge in [0.2, 0.25) is 11.0 Å². The SMILES string of the molecule is Cc1nc(N=C(N)N)sc1-c1cccc(NC(=O)CC(CC(=O)O)c2cccc(Br)c2)c1. The zero-order valence-electron chi connectivity index (χ0n) is 17.2. The zero-order chi connectivity index (χ0) is 23.3.